The fourth-order valence-electron chi connectivity index (χ4n) is 2.98. The van der Waals surface area contributed by atoms with Crippen LogP contribution < -0.4 is 5.32 Å². The van der Waals surface area contributed by atoms with Crippen LogP contribution in [0.15, 0.2) is 11.7 Å². The van der Waals surface area contributed by atoms with Gasteiger partial charge in [-0.1, -0.05) is 6.92 Å². The second-order valence-electron chi connectivity index (χ2n) is 6.07. The molecule has 4 heteroatoms. The van der Waals surface area contributed by atoms with E-state index in [4.69, 9.17) is 0 Å². The van der Waals surface area contributed by atoms with Gasteiger partial charge < -0.3 is 5.32 Å². The molecule has 1 aromatic heterocycles. The molecule has 3 rings (SSSR count). The molecule has 18 heavy (non-hydrogen) atoms. The first-order chi connectivity index (χ1) is 8.70. The summed E-state index contributed by atoms with van der Waals surface area (Å²) in [5.74, 6) is 0.937. The second kappa shape index (κ2) is 4.91. The average molecular weight is 265 g/mol. The third-order valence-electron chi connectivity index (χ3n) is 4.55. The Morgan fingerprint density at radius 3 is 3.00 bits per heavy atom. The maximum Gasteiger partial charge on any atom is 0.0794 e. The quantitative estimate of drug-likeness (QED) is 0.906. The van der Waals surface area contributed by atoms with E-state index in [1.54, 1.807) is 11.3 Å². The number of hydrogen-bond acceptors (Lipinski definition) is 4. The Hall–Kier alpha value is -0.450. The number of nitrogens with zero attached hydrogens (tertiary/aromatic N) is 2. The van der Waals surface area contributed by atoms with Gasteiger partial charge >= 0.3 is 0 Å². The van der Waals surface area contributed by atoms with Crippen LogP contribution in [0, 0.1) is 5.92 Å². The smallest absolute Gasteiger partial charge is 0.0794 e. The van der Waals surface area contributed by atoms with Crippen molar-refractivity contribution in [3.8, 4) is 0 Å². The summed E-state index contributed by atoms with van der Waals surface area (Å²) in [4.78, 5) is 8.31. The molecule has 100 valence electrons. The molecular weight excluding hydrogens is 242 g/mol. The number of thiazole rings is 1. The molecule has 1 saturated heterocycles. The maximum absolute atomic E-state index is 4.21. The highest BCUT2D eigenvalue weighted by Gasteiger charge is 2.41. The molecular formula is C14H23N3S. The van der Waals surface area contributed by atoms with Crippen molar-refractivity contribution < 1.29 is 0 Å². The van der Waals surface area contributed by atoms with Crippen molar-refractivity contribution in [2.75, 3.05) is 13.1 Å². The van der Waals surface area contributed by atoms with E-state index >= 15 is 0 Å². The van der Waals surface area contributed by atoms with Gasteiger partial charge in [-0.2, -0.15) is 0 Å². The van der Waals surface area contributed by atoms with Gasteiger partial charge in [0, 0.05) is 42.3 Å². The van der Waals surface area contributed by atoms with Crippen molar-refractivity contribution >= 4 is 11.3 Å². The van der Waals surface area contributed by atoms with Crippen LogP contribution in [0.4, 0.5) is 0 Å². The fourth-order valence-corrected chi connectivity index (χ4v) is 3.60. The zero-order valence-corrected chi connectivity index (χ0v) is 12.2. The second-order valence-corrected chi connectivity index (χ2v) is 7.04. The highest BCUT2D eigenvalue weighted by atomic mass is 32.1. The van der Waals surface area contributed by atoms with Gasteiger partial charge in [0.05, 0.1) is 5.51 Å². The predicted octanol–water partition coefficient (Wildman–Crippen LogP) is 2.50. The molecule has 1 aromatic rings. The molecule has 2 unspecified atom stereocenters. The normalized spacial score (nSPS) is 33.8. The van der Waals surface area contributed by atoms with Crippen molar-refractivity contribution in [2.45, 2.75) is 51.2 Å². The zero-order valence-electron chi connectivity index (χ0n) is 11.4. The number of hydrogen-bond donors (Lipinski definition) is 1. The first-order valence-electron chi connectivity index (χ1n) is 7.06. The van der Waals surface area contributed by atoms with Crippen LogP contribution in [0.5, 0.6) is 0 Å². The Morgan fingerprint density at radius 2 is 2.39 bits per heavy atom. The van der Waals surface area contributed by atoms with Crippen LogP contribution in [-0.2, 0) is 6.54 Å². The highest BCUT2D eigenvalue weighted by molar-refractivity contribution is 7.09. The van der Waals surface area contributed by atoms with Gasteiger partial charge in [0.1, 0.15) is 0 Å². The van der Waals surface area contributed by atoms with Crippen LogP contribution in [0.1, 0.15) is 38.0 Å². The maximum atomic E-state index is 4.21. The number of nitrogens with one attached hydrogen (secondary N) is 1. The molecule has 0 bridgehead atoms. The molecule has 2 aliphatic rings. The van der Waals surface area contributed by atoms with Crippen molar-refractivity contribution in [1.82, 2.24) is 15.2 Å². The lowest BCUT2D eigenvalue weighted by Crippen LogP contribution is -2.62. The van der Waals surface area contributed by atoms with Crippen LogP contribution in [0.25, 0.3) is 0 Å². The van der Waals surface area contributed by atoms with E-state index in [0.717, 1.165) is 25.0 Å². The van der Waals surface area contributed by atoms with Crippen LogP contribution >= 0.6 is 11.3 Å². The largest absolute Gasteiger partial charge is 0.309 e. The van der Waals surface area contributed by atoms with Gasteiger partial charge in [-0.3, -0.25) is 9.88 Å². The third kappa shape index (κ3) is 2.60. The fraction of sp³-hybridized carbons (Fsp3) is 0.786. The summed E-state index contributed by atoms with van der Waals surface area (Å²) < 4.78 is 0. The molecule has 0 amide bonds. The van der Waals surface area contributed by atoms with Gasteiger partial charge in [-0.25, -0.2) is 0 Å². The van der Waals surface area contributed by atoms with Crippen molar-refractivity contribution in [2.24, 2.45) is 5.92 Å². The minimum atomic E-state index is 0.288. The summed E-state index contributed by atoms with van der Waals surface area (Å²) in [5, 5.41) is 3.77. The zero-order chi connectivity index (χ0) is 12.6. The van der Waals surface area contributed by atoms with E-state index in [0.29, 0.717) is 0 Å². The van der Waals surface area contributed by atoms with E-state index < -0.39 is 0 Å². The van der Waals surface area contributed by atoms with E-state index in [1.165, 1.54) is 30.7 Å². The number of rotatable bonds is 4. The van der Waals surface area contributed by atoms with Crippen molar-refractivity contribution in [3.05, 3.63) is 16.6 Å². The summed E-state index contributed by atoms with van der Waals surface area (Å²) in [7, 11) is 0. The highest BCUT2D eigenvalue weighted by Crippen LogP contribution is 2.38. The molecule has 0 aromatic carbocycles. The van der Waals surface area contributed by atoms with Crippen LogP contribution in [0.2, 0.25) is 0 Å². The van der Waals surface area contributed by atoms with E-state index in [-0.39, 0.29) is 5.54 Å². The summed E-state index contributed by atoms with van der Waals surface area (Å²) in [6, 6.07) is 0.742. The van der Waals surface area contributed by atoms with Gasteiger partial charge in [-0.15, -0.1) is 11.3 Å². The van der Waals surface area contributed by atoms with Crippen LogP contribution in [0.3, 0.4) is 0 Å². The summed E-state index contributed by atoms with van der Waals surface area (Å²) >= 11 is 1.79. The Labute approximate surface area is 114 Å². The van der Waals surface area contributed by atoms with Gasteiger partial charge in [0.15, 0.2) is 0 Å². The number of aromatic nitrogens is 1. The monoisotopic (exact) mass is 265 g/mol. The van der Waals surface area contributed by atoms with E-state index in [9.17, 15) is 0 Å². The van der Waals surface area contributed by atoms with Gasteiger partial charge in [0.25, 0.3) is 0 Å². The van der Waals surface area contributed by atoms with Crippen molar-refractivity contribution in [3.63, 3.8) is 0 Å². The Kier molecular flexibility index (Phi) is 3.43. The first-order valence-corrected chi connectivity index (χ1v) is 7.94. The minimum Gasteiger partial charge on any atom is -0.309 e. The van der Waals surface area contributed by atoms with Gasteiger partial charge in [0.2, 0.25) is 0 Å². The van der Waals surface area contributed by atoms with Gasteiger partial charge in [-0.05, 0) is 32.1 Å². The molecule has 2 atom stereocenters. The lowest BCUT2D eigenvalue weighted by Gasteiger charge is -2.46. The number of piperazine rings is 1. The standard InChI is InChI=1S/C14H23N3S/c1-3-14(2)9-17(8-12-6-15-10-18-12)13(7-16-14)11-4-5-11/h6,10-11,13,16H,3-5,7-9H2,1-2H3. The molecule has 1 N–H and O–H groups in total. The minimum absolute atomic E-state index is 0.288. The first kappa shape index (κ1) is 12.6. The average Bonchev–Trinajstić information content (AvgIpc) is 3.08. The predicted molar refractivity (Wildman–Crippen MR) is 75.7 cm³/mol. The Morgan fingerprint density at radius 1 is 1.56 bits per heavy atom. The molecule has 0 radical (unpaired) electrons. The molecule has 1 saturated carbocycles. The summed E-state index contributed by atoms with van der Waals surface area (Å²) in [6.07, 6.45) is 6.08. The molecule has 2 heterocycles. The summed E-state index contributed by atoms with van der Waals surface area (Å²) in [6.45, 7) is 8.06. The molecule has 2 fully saturated rings. The van der Waals surface area contributed by atoms with Crippen molar-refractivity contribution in [1.29, 1.82) is 0 Å². The third-order valence-corrected chi connectivity index (χ3v) is 5.31. The molecule has 1 aliphatic carbocycles. The molecule has 3 nitrogen and oxygen atoms in total. The molecule has 1 aliphatic heterocycles. The summed E-state index contributed by atoms with van der Waals surface area (Å²) in [5.41, 5.74) is 2.23. The molecule has 0 spiro atoms. The van der Waals surface area contributed by atoms with Crippen LogP contribution in [-0.4, -0.2) is 34.6 Å². The lowest BCUT2D eigenvalue weighted by molar-refractivity contribution is 0.0670. The topological polar surface area (TPSA) is 28.2 Å². The Balaban J connectivity index is 1.72. The SMILES string of the molecule is CCC1(C)CN(Cc2cncs2)C(C2CC2)CN1. The van der Waals surface area contributed by atoms with E-state index in [1.807, 2.05) is 11.7 Å². The lowest BCUT2D eigenvalue weighted by atomic mass is 9.92. The van der Waals surface area contributed by atoms with E-state index in [2.05, 4.69) is 29.0 Å². The Bertz CT molecular complexity index is 388.